The quantitative estimate of drug-likeness (QED) is 0.660. The molecule has 6 nitrogen and oxygen atoms in total. The van der Waals surface area contributed by atoms with Crippen LogP contribution in [-0.4, -0.2) is 40.4 Å². The van der Waals surface area contributed by atoms with Crippen LogP contribution in [0.25, 0.3) is 16.9 Å². The lowest BCUT2D eigenvalue weighted by Gasteiger charge is -2.28. The van der Waals surface area contributed by atoms with Gasteiger partial charge in [-0.15, -0.1) is 5.10 Å². The van der Waals surface area contributed by atoms with Gasteiger partial charge in [-0.25, -0.2) is 9.50 Å². The zero-order valence-corrected chi connectivity index (χ0v) is 16.9. The summed E-state index contributed by atoms with van der Waals surface area (Å²) < 4.78 is 13.9. The Balaban J connectivity index is 1.33. The van der Waals surface area contributed by atoms with Gasteiger partial charge in [0.05, 0.1) is 18.5 Å². The van der Waals surface area contributed by atoms with Gasteiger partial charge in [-0.1, -0.05) is 0 Å². The molecule has 1 aromatic carbocycles. The smallest absolute Gasteiger partial charge is 0.232 e. The summed E-state index contributed by atoms with van der Waals surface area (Å²) in [6.45, 7) is 5.08. The van der Waals surface area contributed by atoms with Crippen LogP contribution in [-0.2, 0) is 0 Å². The van der Waals surface area contributed by atoms with E-state index in [1.807, 2.05) is 35.0 Å². The van der Waals surface area contributed by atoms with Crippen molar-refractivity contribution < 1.29 is 9.47 Å². The van der Waals surface area contributed by atoms with E-state index in [4.69, 9.17) is 14.6 Å². The third-order valence-corrected chi connectivity index (χ3v) is 5.98. The van der Waals surface area contributed by atoms with E-state index in [9.17, 15) is 0 Å². The van der Waals surface area contributed by atoms with Crippen molar-refractivity contribution in [2.24, 2.45) is 11.8 Å². The number of imidazole rings is 1. The number of hydrogen-bond donors (Lipinski definition) is 1. The summed E-state index contributed by atoms with van der Waals surface area (Å²) in [5.41, 5.74) is 2.82. The number of benzene rings is 1. The lowest BCUT2D eigenvalue weighted by Crippen LogP contribution is -2.38. The first-order chi connectivity index (χ1) is 14.3. The van der Waals surface area contributed by atoms with Crippen LogP contribution in [0.4, 0.5) is 0 Å². The van der Waals surface area contributed by atoms with Gasteiger partial charge >= 0.3 is 0 Å². The number of aromatic nitrogens is 3. The number of nitrogens with one attached hydrogen (secondary N) is 1. The molecule has 2 aliphatic rings. The second-order valence-electron chi connectivity index (χ2n) is 8.29. The van der Waals surface area contributed by atoms with Gasteiger partial charge in [0.2, 0.25) is 5.88 Å². The van der Waals surface area contributed by atoms with Crippen LogP contribution in [0.15, 0.2) is 42.6 Å². The van der Waals surface area contributed by atoms with Gasteiger partial charge < -0.3 is 14.8 Å². The van der Waals surface area contributed by atoms with Crippen LogP contribution in [0.3, 0.4) is 0 Å². The van der Waals surface area contributed by atoms with E-state index in [1.165, 1.54) is 25.7 Å². The van der Waals surface area contributed by atoms with E-state index in [1.54, 1.807) is 0 Å². The summed E-state index contributed by atoms with van der Waals surface area (Å²) in [5.74, 6) is 2.83. The highest BCUT2D eigenvalue weighted by molar-refractivity contribution is 5.63. The van der Waals surface area contributed by atoms with E-state index in [0.29, 0.717) is 11.8 Å². The molecule has 1 N–H and O–H groups in total. The molecule has 1 saturated heterocycles. The molecular formula is C23H28N4O2. The minimum atomic E-state index is 0.127. The molecule has 2 aromatic heterocycles. The minimum Gasteiger partial charge on any atom is -0.493 e. The fraction of sp³-hybridized carbons (Fsp3) is 0.478. The number of nitrogens with zero attached hydrogens (tertiary/aromatic N) is 3. The normalized spacial score (nSPS) is 20.5. The zero-order chi connectivity index (χ0) is 19.6. The first kappa shape index (κ1) is 18.4. The Kier molecular flexibility index (Phi) is 5.10. The summed E-state index contributed by atoms with van der Waals surface area (Å²) in [4.78, 5) is 4.50. The predicted octanol–water partition coefficient (Wildman–Crippen LogP) is 3.95. The molecule has 1 aliphatic carbocycles. The molecule has 3 heterocycles. The van der Waals surface area contributed by atoms with Crippen molar-refractivity contribution in [2.75, 3.05) is 19.7 Å². The number of rotatable bonds is 7. The second-order valence-corrected chi connectivity index (χ2v) is 8.29. The molecular weight excluding hydrogens is 364 g/mol. The van der Waals surface area contributed by atoms with Crippen LogP contribution >= 0.6 is 0 Å². The Labute approximate surface area is 171 Å². The van der Waals surface area contributed by atoms with Crippen molar-refractivity contribution in [3.63, 3.8) is 0 Å². The number of ether oxygens (including phenoxy) is 2. The molecule has 6 heteroatoms. The first-order valence-electron chi connectivity index (χ1n) is 10.7. The Morgan fingerprint density at radius 2 is 2.00 bits per heavy atom. The maximum Gasteiger partial charge on any atom is 0.232 e. The molecule has 1 aliphatic heterocycles. The van der Waals surface area contributed by atoms with Crippen molar-refractivity contribution in [1.82, 2.24) is 19.9 Å². The topological polar surface area (TPSA) is 60.7 Å². The van der Waals surface area contributed by atoms with E-state index in [-0.39, 0.29) is 6.10 Å². The summed E-state index contributed by atoms with van der Waals surface area (Å²) in [5, 5.41) is 8.17. The minimum absolute atomic E-state index is 0.127. The summed E-state index contributed by atoms with van der Waals surface area (Å²) in [7, 11) is 0. The summed E-state index contributed by atoms with van der Waals surface area (Å²) in [6, 6.07) is 12.1. The molecule has 3 aromatic rings. The zero-order valence-electron chi connectivity index (χ0n) is 16.9. The van der Waals surface area contributed by atoms with E-state index in [0.717, 1.165) is 48.3 Å². The predicted molar refractivity (Wildman–Crippen MR) is 112 cm³/mol. The monoisotopic (exact) mass is 392 g/mol. The van der Waals surface area contributed by atoms with Crippen molar-refractivity contribution in [1.29, 1.82) is 0 Å². The van der Waals surface area contributed by atoms with Crippen molar-refractivity contribution >= 4 is 5.65 Å². The molecule has 0 spiro atoms. The molecule has 152 valence electrons. The highest BCUT2D eigenvalue weighted by Gasteiger charge is 2.23. The number of hydrogen-bond acceptors (Lipinski definition) is 5. The van der Waals surface area contributed by atoms with Crippen molar-refractivity contribution in [2.45, 2.75) is 38.7 Å². The molecule has 2 fully saturated rings. The van der Waals surface area contributed by atoms with E-state index >= 15 is 0 Å². The SMILES string of the molecule is CC(Oc1ccc2ncc(-c3ccc(OCC4CC4)cc3)n2n1)C1CCCNC1. The third kappa shape index (κ3) is 4.22. The van der Waals surface area contributed by atoms with Crippen LogP contribution in [0.2, 0.25) is 0 Å². The molecule has 1 saturated carbocycles. The Bertz CT molecular complexity index is 959. The maximum atomic E-state index is 6.18. The fourth-order valence-electron chi connectivity index (χ4n) is 3.90. The first-order valence-corrected chi connectivity index (χ1v) is 10.7. The molecule has 5 rings (SSSR count). The van der Waals surface area contributed by atoms with Gasteiger partial charge in [-0.2, -0.15) is 0 Å². The second kappa shape index (κ2) is 8.03. The van der Waals surface area contributed by atoms with Gasteiger partial charge in [0.15, 0.2) is 5.65 Å². The molecule has 0 radical (unpaired) electrons. The van der Waals surface area contributed by atoms with E-state index < -0.39 is 0 Å². The Morgan fingerprint density at radius 3 is 2.76 bits per heavy atom. The largest absolute Gasteiger partial charge is 0.493 e. The Hall–Kier alpha value is -2.60. The highest BCUT2D eigenvalue weighted by Crippen LogP contribution is 2.30. The Morgan fingerprint density at radius 1 is 1.14 bits per heavy atom. The lowest BCUT2D eigenvalue weighted by atomic mass is 9.95. The molecule has 29 heavy (non-hydrogen) atoms. The number of fused-ring (bicyclic) bond motifs is 1. The standard InChI is InChI=1S/C23H28N4O2/c1-16(19-3-2-12-24-13-19)29-23-11-10-22-25-14-21(27(22)26-23)18-6-8-20(9-7-18)28-15-17-4-5-17/h6-11,14,16-17,19,24H,2-5,12-13,15H2,1H3. The van der Waals surface area contributed by atoms with Gasteiger partial charge in [0.1, 0.15) is 11.9 Å². The van der Waals surface area contributed by atoms with Gasteiger partial charge in [0.25, 0.3) is 0 Å². The van der Waals surface area contributed by atoms with Crippen molar-refractivity contribution in [3.05, 3.63) is 42.6 Å². The molecule has 2 unspecified atom stereocenters. The van der Waals surface area contributed by atoms with Crippen LogP contribution < -0.4 is 14.8 Å². The third-order valence-electron chi connectivity index (χ3n) is 5.98. The van der Waals surface area contributed by atoms with Gasteiger partial charge in [0, 0.05) is 24.1 Å². The maximum absolute atomic E-state index is 6.18. The summed E-state index contributed by atoms with van der Waals surface area (Å²) >= 11 is 0. The van der Waals surface area contributed by atoms with Gasteiger partial charge in [-0.3, -0.25) is 0 Å². The summed E-state index contributed by atoms with van der Waals surface area (Å²) in [6.07, 6.45) is 6.99. The molecule has 0 amide bonds. The van der Waals surface area contributed by atoms with E-state index in [2.05, 4.69) is 29.4 Å². The van der Waals surface area contributed by atoms with Crippen molar-refractivity contribution in [3.8, 4) is 22.9 Å². The average Bonchev–Trinajstić information content (AvgIpc) is 3.51. The highest BCUT2D eigenvalue weighted by atomic mass is 16.5. The van der Waals surface area contributed by atoms with Crippen LogP contribution in [0.1, 0.15) is 32.6 Å². The molecule has 0 bridgehead atoms. The fourth-order valence-corrected chi connectivity index (χ4v) is 3.90. The lowest BCUT2D eigenvalue weighted by molar-refractivity contribution is 0.124. The average molecular weight is 393 g/mol. The number of piperidine rings is 1. The van der Waals surface area contributed by atoms with Gasteiger partial charge in [-0.05, 0) is 75.4 Å². The van der Waals surface area contributed by atoms with Crippen LogP contribution in [0, 0.1) is 11.8 Å². The van der Waals surface area contributed by atoms with Crippen LogP contribution in [0.5, 0.6) is 11.6 Å². The molecule has 2 atom stereocenters.